The van der Waals surface area contributed by atoms with E-state index < -0.39 is 17.1 Å². The molecule has 0 spiro atoms. The van der Waals surface area contributed by atoms with Gasteiger partial charge in [-0.2, -0.15) is 24.6 Å². The summed E-state index contributed by atoms with van der Waals surface area (Å²) in [7, 11) is 5.63. The predicted octanol–water partition coefficient (Wildman–Crippen LogP) is 6.03. The second kappa shape index (κ2) is 17.3. The molecule has 1 N–H and O–H groups in total. The molecule has 0 radical (unpaired) electrons. The number of rotatable bonds is 12. The van der Waals surface area contributed by atoms with Gasteiger partial charge in [-0.25, -0.2) is 9.59 Å². The maximum atomic E-state index is 12.0. The van der Waals surface area contributed by atoms with Crippen molar-refractivity contribution in [2.24, 2.45) is 0 Å². The normalized spacial score (nSPS) is 10.6. The molecule has 0 fully saturated rings. The highest BCUT2D eigenvalue weighted by atomic mass is 35.5. The monoisotopic (exact) mass is 770 g/mol. The first-order chi connectivity index (χ1) is 25.2. The zero-order valence-electron chi connectivity index (χ0n) is 29.3. The van der Waals surface area contributed by atoms with Crippen molar-refractivity contribution in [2.75, 3.05) is 35.0 Å². The van der Waals surface area contributed by atoms with Crippen LogP contribution in [-0.4, -0.2) is 75.8 Å². The van der Waals surface area contributed by atoms with Gasteiger partial charge in [0, 0.05) is 11.5 Å². The Morgan fingerprint density at radius 2 is 1.32 bits per heavy atom. The van der Waals surface area contributed by atoms with Crippen LogP contribution in [0.5, 0.6) is 52.8 Å². The van der Waals surface area contributed by atoms with Crippen molar-refractivity contribution in [3.8, 4) is 70.8 Å². The summed E-state index contributed by atoms with van der Waals surface area (Å²) in [5.74, 6) is 1.48. The molecule has 0 saturated carbocycles. The molecule has 3 heterocycles. The fraction of sp³-hybridized carbons (Fsp3) is 0.265. The minimum Gasteiger partial charge on any atom is -0.481 e. The van der Waals surface area contributed by atoms with Crippen LogP contribution in [0.3, 0.4) is 0 Å². The Hall–Kier alpha value is -6.25. The molecule has 5 aromatic rings. The molecule has 0 aliphatic rings. The Balaban J connectivity index is 0.000000251. The maximum Gasteiger partial charge on any atom is 0.442 e. The first-order valence-corrected chi connectivity index (χ1v) is 15.8. The van der Waals surface area contributed by atoms with Crippen molar-refractivity contribution in [3.05, 3.63) is 74.5 Å². The lowest BCUT2D eigenvalue weighted by molar-refractivity contribution is 0.0691. The summed E-state index contributed by atoms with van der Waals surface area (Å²) in [6, 6.07) is 9.82. The minimum absolute atomic E-state index is 0.0434. The molecule has 0 aliphatic carbocycles. The van der Waals surface area contributed by atoms with Crippen molar-refractivity contribution in [1.29, 1.82) is 0 Å². The van der Waals surface area contributed by atoms with E-state index >= 15 is 0 Å². The van der Waals surface area contributed by atoms with Crippen LogP contribution in [0.25, 0.3) is 5.69 Å². The average Bonchev–Trinajstić information content (AvgIpc) is 3.52. The third-order valence-corrected chi connectivity index (χ3v) is 7.09. The molecule has 0 amide bonds. The molecule has 0 aliphatic heterocycles. The lowest BCUT2D eigenvalue weighted by Gasteiger charge is -2.13. The second-order valence-corrected chi connectivity index (χ2v) is 12.0. The fourth-order valence-electron chi connectivity index (χ4n) is 4.01. The molecule has 3 aromatic heterocycles. The molecule has 5 rings (SSSR count). The molecule has 17 nitrogen and oxygen atoms in total. The van der Waals surface area contributed by atoms with Crippen molar-refractivity contribution in [1.82, 2.24) is 29.7 Å². The van der Waals surface area contributed by atoms with Gasteiger partial charge in [-0.05, 0) is 18.2 Å². The van der Waals surface area contributed by atoms with Crippen LogP contribution in [0.1, 0.15) is 37.0 Å². The lowest BCUT2D eigenvalue weighted by atomic mass is 9.97. The van der Waals surface area contributed by atoms with Crippen LogP contribution in [0.15, 0.2) is 51.7 Å². The number of ether oxygens (including phenoxy) is 7. The topological polar surface area (TPSA) is 202 Å². The van der Waals surface area contributed by atoms with Gasteiger partial charge in [-0.3, -0.25) is 0 Å². The number of aromatic carboxylic acids is 1. The van der Waals surface area contributed by atoms with Crippen LogP contribution in [-0.2, 0) is 5.41 Å². The van der Waals surface area contributed by atoms with E-state index in [4.69, 9.17) is 67.2 Å². The van der Waals surface area contributed by atoms with Crippen molar-refractivity contribution < 1.29 is 47.5 Å². The van der Waals surface area contributed by atoms with Gasteiger partial charge in [-0.15, -0.1) is 11.5 Å². The van der Waals surface area contributed by atoms with E-state index in [2.05, 4.69) is 31.0 Å². The maximum absolute atomic E-state index is 12.0. The van der Waals surface area contributed by atoms with Crippen molar-refractivity contribution in [3.63, 3.8) is 0 Å². The Kier molecular flexibility index (Phi) is 12.9. The van der Waals surface area contributed by atoms with Gasteiger partial charge >= 0.3 is 23.7 Å². The first-order valence-electron chi connectivity index (χ1n) is 15.0. The van der Waals surface area contributed by atoms with Gasteiger partial charge in [0.2, 0.25) is 29.4 Å². The van der Waals surface area contributed by atoms with Gasteiger partial charge < -0.3 is 42.7 Å². The lowest BCUT2D eigenvalue weighted by Crippen LogP contribution is -2.15. The van der Waals surface area contributed by atoms with E-state index in [1.54, 1.807) is 0 Å². The molecule has 19 heteroatoms. The summed E-state index contributed by atoms with van der Waals surface area (Å²) in [5.41, 5.74) is -0.410. The zero-order chi connectivity index (χ0) is 38.9. The third kappa shape index (κ3) is 9.96. The summed E-state index contributed by atoms with van der Waals surface area (Å²) in [4.78, 5) is 40.1. The van der Waals surface area contributed by atoms with Crippen LogP contribution in [0.2, 0.25) is 10.0 Å². The SMILES string of the molecule is C#CCOc1cc(-n2nc(C(C)(C)C)oc2=O)c(Cl)cc1Cl.COc1cc(OC)nc(Oc2cccc(Oc3nc(OC)cc(OC)n3)c2C(=O)O)n1. The molecular weight excluding hydrogens is 739 g/mol. The van der Waals surface area contributed by atoms with Crippen LogP contribution in [0, 0.1) is 12.3 Å². The van der Waals surface area contributed by atoms with Crippen molar-refractivity contribution >= 4 is 29.2 Å². The summed E-state index contributed by atoms with van der Waals surface area (Å²) >= 11 is 12.2. The number of terminal acetylenes is 1. The second-order valence-electron chi connectivity index (χ2n) is 11.2. The predicted molar refractivity (Wildman–Crippen MR) is 189 cm³/mol. The zero-order valence-corrected chi connectivity index (χ0v) is 30.8. The Morgan fingerprint density at radius 3 is 1.72 bits per heavy atom. The minimum atomic E-state index is -1.32. The number of nitrogens with zero attached hydrogens (tertiary/aromatic N) is 6. The largest absolute Gasteiger partial charge is 0.481 e. The number of halogens is 2. The van der Waals surface area contributed by atoms with Gasteiger partial charge in [0.15, 0.2) is 0 Å². The quantitative estimate of drug-likeness (QED) is 0.144. The average molecular weight is 772 g/mol. The number of carboxylic acid groups (broad SMARTS) is 1. The van der Waals surface area contributed by atoms with E-state index in [-0.39, 0.29) is 69.3 Å². The highest BCUT2D eigenvalue weighted by Gasteiger charge is 2.25. The fourth-order valence-corrected chi connectivity index (χ4v) is 4.53. The molecule has 0 bridgehead atoms. The number of carboxylic acids is 1. The van der Waals surface area contributed by atoms with Crippen LogP contribution in [0.4, 0.5) is 0 Å². The van der Waals surface area contributed by atoms with Crippen LogP contribution < -0.4 is 38.9 Å². The standard InChI is InChI=1S/C19H18N4O8.C15H14Cl2N2O3/c1-26-12-8-13(27-2)21-18(20-12)30-10-6-5-7-11(16(10)17(24)25)31-19-22-14(28-3)9-15(23-19)29-4;1-5-6-21-12-8-11(9(16)7-10(12)17)19-14(20)22-13(18-19)15(2,3)4/h5-9H,1-4H3,(H,24,25);1,7-8H,6H2,2-4H3. The van der Waals surface area contributed by atoms with Gasteiger partial charge in [0.1, 0.15) is 29.4 Å². The van der Waals surface area contributed by atoms with E-state index in [1.165, 1.54) is 70.9 Å². The summed E-state index contributed by atoms with van der Waals surface area (Å²) in [5, 5.41) is 14.5. The molecule has 0 unspecified atom stereocenters. The summed E-state index contributed by atoms with van der Waals surface area (Å²) in [6.45, 7) is 5.69. The third-order valence-electron chi connectivity index (χ3n) is 6.49. The highest BCUT2D eigenvalue weighted by molar-refractivity contribution is 6.36. The molecule has 278 valence electrons. The van der Waals surface area contributed by atoms with Gasteiger partial charge in [0.25, 0.3) is 0 Å². The number of carbonyl (C=O) groups is 1. The number of methoxy groups -OCH3 is 4. The first kappa shape index (κ1) is 39.5. The number of hydrogen-bond donors (Lipinski definition) is 1. The summed E-state index contributed by atoms with van der Waals surface area (Å²) in [6.07, 6.45) is 5.15. The molecule has 53 heavy (non-hydrogen) atoms. The van der Waals surface area contributed by atoms with Gasteiger partial charge in [-0.1, -0.05) is 56.0 Å². The number of hydrogen-bond acceptors (Lipinski definition) is 15. The Labute approximate surface area is 312 Å². The van der Waals surface area contributed by atoms with Crippen LogP contribution >= 0.6 is 23.2 Å². The van der Waals surface area contributed by atoms with Gasteiger partial charge in [0.05, 0.1) is 56.3 Å². The van der Waals surface area contributed by atoms with E-state index in [9.17, 15) is 14.7 Å². The Morgan fingerprint density at radius 1 is 0.830 bits per heavy atom. The summed E-state index contributed by atoms with van der Waals surface area (Å²) < 4.78 is 43.0. The van der Waals surface area contributed by atoms with E-state index in [1.807, 2.05) is 20.8 Å². The van der Waals surface area contributed by atoms with E-state index in [0.717, 1.165) is 4.68 Å². The van der Waals surface area contributed by atoms with E-state index in [0.29, 0.717) is 17.3 Å². The number of aromatic nitrogens is 6. The highest BCUT2D eigenvalue weighted by Crippen LogP contribution is 2.35. The molecule has 0 atom stereocenters. The molecule has 0 saturated heterocycles. The van der Waals surface area contributed by atoms with Crippen molar-refractivity contribution in [2.45, 2.75) is 26.2 Å². The molecule has 2 aromatic carbocycles. The smallest absolute Gasteiger partial charge is 0.442 e. The Bertz CT molecular complexity index is 2080. The molecular formula is C34H32Cl2N6O11. The number of benzene rings is 2.